The van der Waals surface area contributed by atoms with Gasteiger partial charge in [-0.25, -0.2) is 0 Å². The summed E-state index contributed by atoms with van der Waals surface area (Å²) in [7, 11) is 0. The molecule has 0 radical (unpaired) electrons. The lowest BCUT2D eigenvalue weighted by Gasteiger charge is -2.33. The fraction of sp³-hybridized carbons (Fsp3) is 0.310. The largest absolute Gasteiger partial charge is 0.356 e. The molecule has 2 N–H and O–H groups in total. The molecule has 0 aromatic heterocycles. The number of hydrogen-bond acceptors (Lipinski definition) is 6. The standard InChI is InChI=1S/C58H60N4O6/c63-51(35-36-52(64)60-39-49(41-23-13-9-14-24-41)42-25-15-10-16-26-42)59-37-21-7-5-3-1-2-4-6-8-22-38-61-55(65)45-31-33-47-54-48(34-32-46(53(45)54)56(61)66)58(68)62(57(47)67)40-50(43-27-17-11-18-28-43)44-29-19-12-20-30-44/h9-20,23-34,49-50H,1-8,21-22,35-40H2,(H,59,63)(H,60,64). The molecule has 0 spiro atoms. The van der Waals surface area contributed by atoms with E-state index in [1.807, 2.05) is 97.1 Å². The van der Waals surface area contributed by atoms with E-state index in [9.17, 15) is 28.8 Å². The van der Waals surface area contributed by atoms with Crippen molar-refractivity contribution in [2.45, 2.75) is 88.9 Å². The number of benzene rings is 6. The third-order valence-electron chi connectivity index (χ3n) is 13.4. The summed E-state index contributed by atoms with van der Waals surface area (Å²) in [6, 6.07) is 46.5. The van der Waals surface area contributed by atoms with Gasteiger partial charge in [0.05, 0.1) is 0 Å². The molecule has 0 bridgehead atoms. The number of amides is 6. The Morgan fingerprint density at radius 2 is 0.721 bits per heavy atom. The average molecular weight is 909 g/mol. The summed E-state index contributed by atoms with van der Waals surface area (Å²) in [6.07, 6.45) is 10.4. The van der Waals surface area contributed by atoms with E-state index < -0.39 is 23.6 Å². The molecule has 2 heterocycles. The first-order chi connectivity index (χ1) is 33.3. The molecule has 10 heteroatoms. The molecule has 0 saturated carbocycles. The van der Waals surface area contributed by atoms with Crippen LogP contribution in [0.2, 0.25) is 0 Å². The van der Waals surface area contributed by atoms with Gasteiger partial charge in [0.25, 0.3) is 23.6 Å². The molecule has 8 rings (SSSR count). The van der Waals surface area contributed by atoms with Crippen molar-refractivity contribution < 1.29 is 28.8 Å². The highest BCUT2D eigenvalue weighted by molar-refractivity contribution is 6.33. The van der Waals surface area contributed by atoms with E-state index in [-0.39, 0.29) is 43.0 Å². The predicted octanol–water partition coefficient (Wildman–Crippen LogP) is 10.6. The molecule has 0 fully saturated rings. The van der Waals surface area contributed by atoms with Crippen LogP contribution in [0.5, 0.6) is 0 Å². The molecule has 10 nitrogen and oxygen atoms in total. The molecule has 6 amide bonds. The lowest BCUT2D eigenvalue weighted by molar-refractivity contribution is -0.126. The monoisotopic (exact) mass is 908 g/mol. The van der Waals surface area contributed by atoms with E-state index in [4.69, 9.17) is 0 Å². The third-order valence-corrected chi connectivity index (χ3v) is 13.4. The zero-order valence-corrected chi connectivity index (χ0v) is 38.7. The van der Waals surface area contributed by atoms with E-state index in [2.05, 4.69) is 34.9 Å². The first-order valence-electron chi connectivity index (χ1n) is 24.4. The highest BCUT2D eigenvalue weighted by Crippen LogP contribution is 2.39. The van der Waals surface area contributed by atoms with E-state index in [1.165, 1.54) is 9.80 Å². The number of nitrogens with one attached hydrogen (secondary N) is 2. The first-order valence-corrected chi connectivity index (χ1v) is 24.4. The van der Waals surface area contributed by atoms with Crippen molar-refractivity contribution in [2.24, 2.45) is 0 Å². The van der Waals surface area contributed by atoms with Gasteiger partial charge in [-0.2, -0.15) is 0 Å². The maximum absolute atomic E-state index is 14.1. The molecule has 2 aliphatic rings. The maximum Gasteiger partial charge on any atom is 0.261 e. The minimum atomic E-state index is -0.435. The molecule has 0 saturated heterocycles. The minimum absolute atomic E-state index is 0.0398. The van der Waals surface area contributed by atoms with Gasteiger partial charge in [-0.15, -0.1) is 0 Å². The average Bonchev–Trinajstić information content (AvgIpc) is 3.37. The number of nitrogens with zero attached hydrogens (tertiary/aromatic N) is 2. The fourth-order valence-corrected chi connectivity index (χ4v) is 9.76. The molecular formula is C58H60N4O6. The first kappa shape index (κ1) is 47.3. The van der Waals surface area contributed by atoms with Crippen molar-refractivity contribution in [3.05, 3.63) is 190 Å². The molecule has 348 valence electrons. The van der Waals surface area contributed by atoms with Crippen LogP contribution in [0, 0.1) is 0 Å². The van der Waals surface area contributed by atoms with Gasteiger partial charge in [0.15, 0.2) is 0 Å². The molecule has 2 aliphatic heterocycles. The minimum Gasteiger partial charge on any atom is -0.356 e. The summed E-state index contributed by atoms with van der Waals surface area (Å²) in [5.74, 6) is -2.09. The van der Waals surface area contributed by atoms with Gasteiger partial charge in [-0.1, -0.05) is 173 Å². The summed E-state index contributed by atoms with van der Waals surface area (Å²) in [5, 5.41) is 6.77. The van der Waals surface area contributed by atoms with Crippen molar-refractivity contribution in [2.75, 3.05) is 26.2 Å². The van der Waals surface area contributed by atoms with Crippen LogP contribution >= 0.6 is 0 Å². The van der Waals surface area contributed by atoms with Crippen LogP contribution < -0.4 is 10.6 Å². The Kier molecular flexibility index (Phi) is 16.0. The number of hydrogen-bond donors (Lipinski definition) is 2. The van der Waals surface area contributed by atoms with Crippen molar-refractivity contribution in [3.63, 3.8) is 0 Å². The van der Waals surface area contributed by atoms with Crippen LogP contribution in [0.1, 0.15) is 153 Å². The number of carbonyl (C=O) groups excluding carboxylic acids is 6. The summed E-state index contributed by atoms with van der Waals surface area (Å²) in [5.41, 5.74) is 5.57. The smallest absolute Gasteiger partial charge is 0.261 e. The van der Waals surface area contributed by atoms with Gasteiger partial charge in [0.1, 0.15) is 0 Å². The Morgan fingerprint density at radius 1 is 0.382 bits per heavy atom. The molecule has 0 atom stereocenters. The Labute approximate surface area is 399 Å². The zero-order chi connectivity index (χ0) is 47.2. The van der Waals surface area contributed by atoms with Crippen LogP contribution in [0.3, 0.4) is 0 Å². The SMILES string of the molecule is O=C(CCC(=O)NCC(c1ccccc1)c1ccccc1)NCCCCCCCCCCCCN1C(=O)c2ccc3c4c(ccc(c24)C1=O)C(=O)N(CC(c1ccccc1)c1ccccc1)C3=O. The number of unbranched alkanes of at least 4 members (excludes halogenated alkanes) is 9. The third kappa shape index (κ3) is 11.1. The van der Waals surface area contributed by atoms with Crippen molar-refractivity contribution >= 4 is 46.2 Å². The second kappa shape index (κ2) is 23.0. The van der Waals surface area contributed by atoms with Gasteiger partial charge in [-0.05, 0) is 59.4 Å². The maximum atomic E-state index is 14.1. The van der Waals surface area contributed by atoms with Crippen LogP contribution in [-0.4, -0.2) is 71.4 Å². The van der Waals surface area contributed by atoms with Gasteiger partial charge in [0, 0.05) is 83.9 Å². The summed E-state index contributed by atoms with van der Waals surface area (Å²) >= 11 is 0. The van der Waals surface area contributed by atoms with Crippen molar-refractivity contribution in [3.8, 4) is 0 Å². The van der Waals surface area contributed by atoms with E-state index in [0.717, 1.165) is 80.0 Å². The van der Waals surface area contributed by atoms with E-state index in [0.29, 0.717) is 59.1 Å². The Morgan fingerprint density at radius 3 is 1.13 bits per heavy atom. The van der Waals surface area contributed by atoms with Crippen molar-refractivity contribution in [1.82, 2.24) is 20.4 Å². The molecule has 6 aromatic rings. The quantitative estimate of drug-likeness (QED) is 0.0459. The fourth-order valence-electron chi connectivity index (χ4n) is 9.76. The van der Waals surface area contributed by atoms with Gasteiger partial charge < -0.3 is 10.6 Å². The predicted molar refractivity (Wildman–Crippen MR) is 266 cm³/mol. The lowest BCUT2D eigenvalue weighted by Crippen LogP contribution is -2.44. The normalized spacial score (nSPS) is 13.2. The number of carbonyl (C=O) groups is 6. The topological polar surface area (TPSA) is 133 Å². The highest BCUT2D eigenvalue weighted by Gasteiger charge is 2.40. The lowest BCUT2D eigenvalue weighted by atomic mass is 9.85. The van der Waals surface area contributed by atoms with Crippen molar-refractivity contribution in [1.29, 1.82) is 0 Å². The summed E-state index contributed by atoms with van der Waals surface area (Å²) in [6.45, 7) is 1.53. The second-order valence-corrected chi connectivity index (χ2v) is 18.0. The van der Waals surface area contributed by atoms with Gasteiger partial charge in [0.2, 0.25) is 11.8 Å². The molecule has 0 unspecified atom stereocenters. The van der Waals surface area contributed by atoms with Gasteiger partial charge >= 0.3 is 0 Å². The molecular weight excluding hydrogens is 849 g/mol. The Bertz CT molecular complexity index is 2580. The Hall–Kier alpha value is -7.20. The van der Waals surface area contributed by atoms with Crippen LogP contribution in [0.15, 0.2) is 146 Å². The van der Waals surface area contributed by atoms with E-state index >= 15 is 0 Å². The van der Waals surface area contributed by atoms with Crippen LogP contribution in [-0.2, 0) is 9.59 Å². The zero-order valence-electron chi connectivity index (χ0n) is 38.7. The van der Waals surface area contributed by atoms with Crippen LogP contribution in [0.25, 0.3) is 10.8 Å². The highest BCUT2D eigenvalue weighted by atomic mass is 16.2. The molecule has 6 aromatic carbocycles. The summed E-state index contributed by atoms with van der Waals surface area (Å²) < 4.78 is 0. The number of imide groups is 2. The summed E-state index contributed by atoms with van der Waals surface area (Å²) in [4.78, 5) is 83.7. The number of rotatable bonds is 24. The second-order valence-electron chi connectivity index (χ2n) is 18.0. The van der Waals surface area contributed by atoms with Gasteiger partial charge in [-0.3, -0.25) is 38.6 Å². The molecule has 0 aliphatic carbocycles. The van der Waals surface area contributed by atoms with E-state index in [1.54, 1.807) is 24.3 Å². The Balaban J connectivity index is 0.710. The van der Waals surface area contributed by atoms with Crippen LogP contribution in [0.4, 0.5) is 0 Å². The molecule has 68 heavy (non-hydrogen) atoms.